The Kier molecular flexibility index (Phi) is 4.71. The second-order valence-electron chi connectivity index (χ2n) is 6.14. The van der Waals surface area contributed by atoms with Crippen molar-refractivity contribution < 1.29 is 9.90 Å². The van der Waals surface area contributed by atoms with E-state index in [0.29, 0.717) is 18.7 Å². The topological polar surface area (TPSA) is 71.2 Å². The summed E-state index contributed by atoms with van der Waals surface area (Å²) in [7, 11) is 0. The molecule has 0 spiro atoms. The van der Waals surface area contributed by atoms with E-state index in [2.05, 4.69) is 10.1 Å². The van der Waals surface area contributed by atoms with Crippen LogP contribution >= 0.6 is 0 Å². The standard InChI is InChI=1S/C17H22N4O2/c1-13(22)14-6-4-8-20(9-14)17(23)16-7-3-2-5-15(16)10-21-12-18-11-19-21/h2-3,5,7,11-14,22H,4,6,8-10H2,1H3. The molecule has 0 aliphatic carbocycles. The third-order valence-corrected chi connectivity index (χ3v) is 4.47. The minimum atomic E-state index is -0.379. The van der Waals surface area contributed by atoms with Gasteiger partial charge >= 0.3 is 0 Å². The second kappa shape index (κ2) is 6.91. The molecule has 2 atom stereocenters. The van der Waals surface area contributed by atoms with E-state index in [4.69, 9.17) is 0 Å². The molecule has 0 saturated carbocycles. The minimum Gasteiger partial charge on any atom is -0.393 e. The number of hydrogen-bond donors (Lipinski definition) is 1. The molecule has 1 fully saturated rings. The minimum absolute atomic E-state index is 0.0334. The van der Waals surface area contributed by atoms with Crippen molar-refractivity contribution in [1.82, 2.24) is 19.7 Å². The summed E-state index contributed by atoms with van der Waals surface area (Å²) in [6, 6.07) is 7.62. The van der Waals surface area contributed by atoms with E-state index in [1.807, 2.05) is 29.2 Å². The maximum atomic E-state index is 12.9. The molecule has 1 N–H and O–H groups in total. The number of piperidine rings is 1. The molecule has 1 saturated heterocycles. The van der Waals surface area contributed by atoms with Gasteiger partial charge in [0.15, 0.2) is 0 Å². The third kappa shape index (κ3) is 3.59. The Balaban J connectivity index is 1.79. The van der Waals surface area contributed by atoms with Gasteiger partial charge < -0.3 is 10.0 Å². The van der Waals surface area contributed by atoms with E-state index in [1.54, 1.807) is 17.9 Å². The SMILES string of the molecule is CC(O)C1CCCN(C(=O)c2ccccc2Cn2cncn2)C1. The van der Waals surface area contributed by atoms with Crippen molar-refractivity contribution in [2.45, 2.75) is 32.4 Å². The van der Waals surface area contributed by atoms with Crippen LogP contribution in [0.1, 0.15) is 35.7 Å². The van der Waals surface area contributed by atoms with E-state index in [-0.39, 0.29) is 17.9 Å². The molecule has 1 amide bonds. The van der Waals surface area contributed by atoms with E-state index in [9.17, 15) is 9.90 Å². The lowest BCUT2D eigenvalue weighted by molar-refractivity contribution is 0.0465. The summed E-state index contributed by atoms with van der Waals surface area (Å²) in [6.45, 7) is 3.70. The van der Waals surface area contributed by atoms with Crippen LogP contribution in [-0.2, 0) is 6.54 Å². The maximum Gasteiger partial charge on any atom is 0.254 e. The summed E-state index contributed by atoms with van der Waals surface area (Å²) in [5.41, 5.74) is 1.64. The fourth-order valence-electron chi connectivity index (χ4n) is 3.11. The van der Waals surface area contributed by atoms with E-state index < -0.39 is 0 Å². The average Bonchev–Trinajstić information content (AvgIpc) is 3.08. The molecule has 0 radical (unpaired) electrons. The first-order chi connectivity index (χ1) is 11.1. The van der Waals surface area contributed by atoms with Crippen molar-refractivity contribution in [3.8, 4) is 0 Å². The van der Waals surface area contributed by atoms with Crippen LogP contribution in [0.5, 0.6) is 0 Å². The molecule has 6 nitrogen and oxygen atoms in total. The maximum absolute atomic E-state index is 12.9. The highest BCUT2D eigenvalue weighted by molar-refractivity contribution is 5.95. The summed E-state index contributed by atoms with van der Waals surface area (Å²) in [4.78, 5) is 18.7. The van der Waals surface area contributed by atoms with Crippen LogP contribution in [0, 0.1) is 5.92 Å². The number of aliphatic hydroxyl groups excluding tert-OH is 1. The van der Waals surface area contributed by atoms with Crippen LogP contribution in [0.25, 0.3) is 0 Å². The van der Waals surface area contributed by atoms with E-state index >= 15 is 0 Å². The fraction of sp³-hybridized carbons (Fsp3) is 0.471. The predicted molar refractivity (Wildman–Crippen MR) is 85.9 cm³/mol. The van der Waals surface area contributed by atoms with Gasteiger partial charge in [0.25, 0.3) is 5.91 Å². The van der Waals surface area contributed by atoms with Crippen LogP contribution in [0.15, 0.2) is 36.9 Å². The monoisotopic (exact) mass is 314 g/mol. The van der Waals surface area contributed by atoms with Crippen LogP contribution in [0.2, 0.25) is 0 Å². The number of hydrogen-bond acceptors (Lipinski definition) is 4. The number of carbonyl (C=O) groups excluding carboxylic acids is 1. The van der Waals surface area contributed by atoms with Gasteiger partial charge in [-0.05, 0) is 31.4 Å². The number of aromatic nitrogens is 3. The Bertz CT molecular complexity index is 654. The van der Waals surface area contributed by atoms with E-state index in [0.717, 1.165) is 24.9 Å². The van der Waals surface area contributed by atoms with Crippen molar-refractivity contribution in [3.05, 3.63) is 48.0 Å². The molecule has 3 rings (SSSR count). The number of nitrogens with zero attached hydrogens (tertiary/aromatic N) is 4. The average molecular weight is 314 g/mol. The molecule has 2 heterocycles. The Morgan fingerprint density at radius 3 is 3.00 bits per heavy atom. The number of likely N-dealkylation sites (tertiary alicyclic amines) is 1. The largest absolute Gasteiger partial charge is 0.393 e. The summed E-state index contributed by atoms with van der Waals surface area (Å²) in [6.07, 6.45) is 4.67. The molecule has 0 bridgehead atoms. The number of aliphatic hydroxyl groups is 1. The summed E-state index contributed by atoms with van der Waals surface area (Å²) in [5, 5.41) is 13.9. The lowest BCUT2D eigenvalue weighted by atomic mass is 9.92. The van der Waals surface area contributed by atoms with Gasteiger partial charge in [0.2, 0.25) is 0 Å². The van der Waals surface area contributed by atoms with Crippen molar-refractivity contribution in [1.29, 1.82) is 0 Å². The molecule has 1 aromatic heterocycles. The van der Waals surface area contributed by atoms with Crippen LogP contribution < -0.4 is 0 Å². The van der Waals surface area contributed by atoms with Crippen LogP contribution in [-0.4, -0.2) is 49.9 Å². The summed E-state index contributed by atoms with van der Waals surface area (Å²) in [5.74, 6) is 0.196. The molecule has 1 aliphatic rings. The molecule has 1 aromatic carbocycles. The zero-order chi connectivity index (χ0) is 16.2. The number of carbonyl (C=O) groups is 1. The van der Waals surface area contributed by atoms with Crippen molar-refractivity contribution in [2.75, 3.05) is 13.1 Å². The Labute approximate surface area is 135 Å². The van der Waals surface area contributed by atoms with Gasteiger partial charge in [-0.15, -0.1) is 0 Å². The highest BCUT2D eigenvalue weighted by Gasteiger charge is 2.27. The van der Waals surface area contributed by atoms with Crippen molar-refractivity contribution in [2.24, 2.45) is 5.92 Å². The number of benzene rings is 1. The Hall–Kier alpha value is -2.21. The third-order valence-electron chi connectivity index (χ3n) is 4.47. The molecule has 6 heteroatoms. The fourth-order valence-corrected chi connectivity index (χ4v) is 3.11. The van der Waals surface area contributed by atoms with E-state index in [1.165, 1.54) is 6.33 Å². The van der Waals surface area contributed by atoms with Gasteiger partial charge in [-0.3, -0.25) is 4.79 Å². The summed E-state index contributed by atoms with van der Waals surface area (Å²) < 4.78 is 1.71. The first-order valence-electron chi connectivity index (χ1n) is 8.03. The highest BCUT2D eigenvalue weighted by atomic mass is 16.3. The molecule has 122 valence electrons. The zero-order valence-electron chi connectivity index (χ0n) is 13.3. The van der Waals surface area contributed by atoms with Gasteiger partial charge in [0, 0.05) is 24.6 Å². The van der Waals surface area contributed by atoms with Gasteiger partial charge in [-0.25, -0.2) is 9.67 Å². The van der Waals surface area contributed by atoms with Gasteiger partial charge in [-0.2, -0.15) is 5.10 Å². The number of rotatable bonds is 4. The first-order valence-corrected chi connectivity index (χ1v) is 8.03. The lowest BCUT2D eigenvalue weighted by Crippen LogP contribution is -2.43. The molecular formula is C17H22N4O2. The van der Waals surface area contributed by atoms with Crippen molar-refractivity contribution >= 4 is 5.91 Å². The molecule has 23 heavy (non-hydrogen) atoms. The zero-order valence-corrected chi connectivity index (χ0v) is 13.3. The summed E-state index contributed by atoms with van der Waals surface area (Å²) >= 11 is 0. The molecular weight excluding hydrogens is 292 g/mol. The first kappa shape index (κ1) is 15.7. The Morgan fingerprint density at radius 1 is 1.43 bits per heavy atom. The lowest BCUT2D eigenvalue weighted by Gasteiger charge is -2.34. The van der Waals surface area contributed by atoms with Gasteiger partial charge in [0.05, 0.1) is 12.6 Å². The van der Waals surface area contributed by atoms with Crippen molar-refractivity contribution in [3.63, 3.8) is 0 Å². The van der Waals surface area contributed by atoms with Gasteiger partial charge in [0.1, 0.15) is 12.7 Å². The molecule has 2 unspecified atom stereocenters. The highest BCUT2D eigenvalue weighted by Crippen LogP contribution is 2.22. The predicted octanol–water partition coefficient (Wildman–Crippen LogP) is 1.56. The quantitative estimate of drug-likeness (QED) is 0.929. The number of amides is 1. The second-order valence-corrected chi connectivity index (χ2v) is 6.14. The normalized spacial score (nSPS) is 19.6. The van der Waals surface area contributed by atoms with Crippen LogP contribution in [0.4, 0.5) is 0 Å². The molecule has 2 aromatic rings. The Morgan fingerprint density at radius 2 is 2.26 bits per heavy atom. The van der Waals surface area contributed by atoms with Gasteiger partial charge in [-0.1, -0.05) is 18.2 Å². The molecule has 1 aliphatic heterocycles. The smallest absolute Gasteiger partial charge is 0.254 e. The van der Waals surface area contributed by atoms with Crippen LogP contribution in [0.3, 0.4) is 0 Å².